The Morgan fingerprint density at radius 3 is 2.47 bits per heavy atom. The summed E-state index contributed by atoms with van der Waals surface area (Å²) in [7, 11) is 0. The van der Waals surface area contributed by atoms with Gasteiger partial charge in [0.15, 0.2) is 0 Å². The molecule has 0 amide bonds. The summed E-state index contributed by atoms with van der Waals surface area (Å²) >= 11 is 9.01. The van der Waals surface area contributed by atoms with E-state index in [-0.39, 0.29) is 11.9 Å². The first kappa shape index (κ1) is 12.6. The molecule has 4 heteroatoms. The fourth-order valence-corrected chi connectivity index (χ4v) is 2.04. The van der Waals surface area contributed by atoms with Gasteiger partial charge in [-0.3, -0.25) is 0 Å². The smallest absolute Gasteiger partial charge is 0.137 e. The average molecular weight is 315 g/mol. The molecule has 2 N–H and O–H groups in total. The lowest BCUT2D eigenvalue weighted by Gasteiger charge is -2.13. The SMILES string of the molecule is NC(c1cccc(Cl)c1)c1ccc(Br)c(F)c1. The van der Waals surface area contributed by atoms with Crippen molar-refractivity contribution in [3.8, 4) is 0 Å². The third-order valence-electron chi connectivity index (χ3n) is 2.51. The van der Waals surface area contributed by atoms with Crippen LogP contribution in [0.25, 0.3) is 0 Å². The van der Waals surface area contributed by atoms with Crippen LogP contribution in [0.4, 0.5) is 4.39 Å². The molecule has 0 heterocycles. The van der Waals surface area contributed by atoms with E-state index in [1.165, 1.54) is 6.07 Å². The van der Waals surface area contributed by atoms with Gasteiger partial charge in [0.1, 0.15) is 5.82 Å². The standard InChI is InChI=1S/C13H10BrClFN/c14-11-5-4-9(7-12(11)16)13(17)8-2-1-3-10(15)6-8/h1-7,13H,17H2. The van der Waals surface area contributed by atoms with Crippen LogP contribution in [0, 0.1) is 5.82 Å². The summed E-state index contributed by atoms with van der Waals surface area (Å²) in [6.07, 6.45) is 0. The molecule has 2 aromatic carbocycles. The number of hydrogen-bond donors (Lipinski definition) is 1. The second-order valence-electron chi connectivity index (χ2n) is 3.71. The zero-order valence-electron chi connectivity index (χ0n) is 8.83. The van der Waals surface area contributed by atoms with Gasteiger partial charge in [-0.15, -0.1) is 0 Å². The van der Waals surface area contributed by atoms with Crippen LogP contribution in [0.2, 0.25) is 5.02 Å². The molecule has 0 radical (unpaired) electrons. The third-order valence-corrected chi connectivity index (χ3v) is 3.39. The predicted octanol–water partition coefficient (Wildman–Crippen LogP) is 4.29. The van der Waals surface area contributed by atoms with Gasteiger partial charge in [0.2, 0.25) is 0 Å². The zero-order chi connectivity index (χ0) is 12.4. The van der Waals surface area contributed by atoms with Gasteiger partial charge in [0.05, 0.1) is 10.5 Å². The Hall–Kier alpha value is -0.900. The highest BCUT2D eigenvalue weighted by molar-refractivity contribution is 9.10. The lowest BCUT2D eigenvalue weighted by molar-refractivity contribution is 0.617. The first-order chi connectivity index (χ1) is 8.08. The topological polar surface area (TPSA) is 26.0 Å². The maximum absolute atomic E-state index is 13.4. The molecule has 0 spiro atoms. The Kier molecular flexibility index (Phi) is 3.82. The van der Waals surface area contributed by atoms with E-state index in [2.05, 4.69) is 15.9 Å². The number of halogens is 3. The summed E-state index contributed by atoms with van der Waals surface area (Å²) in [6, 6.07) is 11.7. The molecule has 0 aliphatic carbocycles. The van der Waals surface area contributed by atoms with E-state index in [0.29, 0.717) is 15.1 Å². The molecule has 0 fully saturated rings. The molecule has 17 heavy (non-hydrogen) atoms. The lowest BCUT2D eigenvalue weighted by Crippen LogP contribution is -2.12. The average Bonchev–Trinajstić information content (AvgIpc) is 2.32. The van der Waals surface area contributed by atoms with Gasteiger partial charge in [-0.1, -0.05) is 29.8 Å². The predicted molar refractivity (Wildman–Crippen MR) is 71.6 cm³/mol. The first-order valence-corrected chi connectivity index (χ1v) is 6.21. The molecule has 2 aromatic rings. The normalized spacial score (nSPS) is 12.5. The molecular weight excluding hydrogens is 305 g/mol. The van der Waals surface area contributed by atoms with Crippen molar-refractivity contribution in [3.05, 3.63) is 68.9 Å². The van der Waals surface area contributed by atoms with E-state index in [9.17, 15) is 4.39 Å². The lowest BCUT2D eigenvalue weighted by atomic mass is 10.00. The minimum absolute atomic E-state index is 0.319. The summed E-state index contributed by atoms with van der Waals surface area (Å²) in [4.78, 5) is 0. The number of rotatable bonds is 2. The highest BCUT2D eigenvalue weighted by Crippen LogP contribution is 2.25. The highest BCUT2D eigenvalue weighted by Gasteiger charge is 2.11. The van der Waals surface area contributed by atoms with Crippen molar-refractivity contribution in [1.29, 1.82) is 0 Å². The van der Waals surface area contributed by atoms with Crippen LogP contribution in [0.3, 0.4) is 0 Å². The van der Waals surface area contributed by atoms with E-state index in [4.69, 9.17) is 17.3 Å². The minimum atomic E-state index is -0.378. The van der Waals surface area contributed by atoms with Crippen LogP contribution in [0.15, 0.2) is 46.9 Å². The molecule has 0 saturated carbocycles. The van der Waals surface area contributed by atoms with E-state index in [1.807, 2.05) is 12.1 Å². The second-order valence-corrected chi connectivity index (χ2v) is 5.00. The molecule has 0 aliphatic heterocycles. The molecule has 1 atom stereocenters. The van der Waals surface area contributed by atoms with Crippen LogP contribution in [0.5, 0.6) is 0 Å². The monoisotopic (exact) mass is 313 g/mol. The maximum Gasteiger partial charge on any atom is 0.137 e. The van der Waals surface area contributed by atoms with Crippen LogP contribution >= 0.6 is 27.5 Å². The van der Waals surface area contributed by atoms with Gasteiger partial charge in [0.25, 0.3) is 0 Å². The van der Waals surface area contributed by atoms with Gasteiger partial charge >= 0.3 is 0 Å². The van der Waals surface area contributed by atoms with Crippen LogP contribution in [0.1, 0.15) is 17.2 Å². The highest BCUT2D eigenvalue weighted by atomic mass is 79.9. The largest absolute Gasteiger partial charge is 0.320 e. The van der Waals surface area contributed by atoms with E-state index in [0.717, 1.165) is 5.56 Å². The van der Waals surface area contributed by atoms with Crippen molar-refractivity contribution in [2.24, 2.45) is 5.73 Å². The van der Waals surface area contributed by atoms with Gasteiger partial charge in [-0.2, -0.15) is 0 Å². The van der Waals surface area contributed by atoms with Crippen LogP contribution < -0.4 is 5.73 Å². The minimum Gasteiger partial charge on any atom is -0.320 e. The molecule has 0 aromatic heterocycles. The number of nitrogens with two attached hydrogens (primary N) is 1. The fourth-order valence-electron chi connectivity index (χ4n) is 1.60. The Morgan fingerprint density at radius 2 is 1.82 bits per heavy atom. The molecule has 0 aliphatic rings. The third kappa shape index (κ3) is 2.86. The number of hydrogen-bond acceptors (Lipinski definition) is 1. The van der Waals surface area contributed by atoms with Crippen molar-refractivity contribution in [3.63, 3.8) is 0 Å². The van der Waals surface area contributed by atoms with Crippen LogP contribution in [-0.2, 0) is 0 Å². The summed E-state index contributed by atoms with van der Waals surface area (Å²) in [5.41, 5.74) is 7.64. The molecular formula is C13H10BrClFN. The van der Waals surface area contributed by atoms with E-state index < -0.39 is 0 Å². The summed E-state index contributed by atoms with van der Waals surface area (Å²) in [5.74, 6) is -0.319. The Balaban J connectivity index is 2.36. The summed E-state index contributed by atoms with van der Waals surface area (Å²) in [6.45, 7) is 0. The Morgan fingerprint density at radius 1 is 1.12 bits per heavy atom. The van der Waals surface area contributed by atoms with Crippen molar-refractivity contribution >= 4 is 27.5 Å². The van der Waals surface area contributed by atoms with Crippen molar-refractivity contribution in [2.45, 2.75) is 6.04 Å². The quantitative estimate of drug-likeness (QED) is 0.879. The first-order valence-electron chi connectivity index (χ1n) is 5.04. The van der Waals surface area contributed by atoms with Gasteiger partial charge in [-0.05, 0) is 51.3 Å². The van der Waals surface area contributed by atoms with E-state index >= 15 is 0 Å². The van der Waals surface area contributed by atoms with Crippen molar-refractivity contribution in [1.82, 2.24) is 0 Å². The molecule has 88 valence electrons. The van der Waals surface area contributed by atoms with Gasteiger partial charge in [-0.25, -0.2) is 4.39 Å². The van der Waals surface area contributed by atoms with Crippen molar-refractivity contribution in [2.75, 3.05) is 0 Å². The summed E-state index contributed by atoms with van der Waals surface area (Å²) < 4.78 is 13.8. The molecule has 1 unspecified atom stereocenters. The molecule has 0 bridgehead atoms. The molecule has 0 saturated heterocycles. The second kappa shape index (κ2) is 5.17. The van der Waals surface area contributed by atoms with Gasteiger partial charge < -0.3 is 5.73 Å². The van der Waals surface area contributed by atoms with Gasteiger partial charge in [0, 0.05) is 5.02 Å². The van der Waals surface area contributed by atoms with Crippen molar-refractivity contribution < 1.29 is 4.39 Å². The Bertz CT molecular complexity index is 545. The summed E-state index contributed by atoms with van der Waals surface area (Å²) in [5, 5.41) is 0.621. The molecule has 2 rings (SSSR count). The van der Waals surface area contributed by atoms with Crippen LogP contribution in [-0.4, -0.2) is 0 Å². The number of benzene rings is 2. The Labute approximate surface area is 113 Å². The maximum atomic E-state index is 13.4. The fraction of sp³-hybridized carbons (Fsp3) is 0.0769. The van der Waals surface area contributed by atoms with E-state index in [1.54, 1.807) is 24.3 Å². The molecule has 1 nitrogen and oxygen atoms in total. The zero-order valence-corrected chi connectivity index (χ0v) is 11.2.